The van der Waals surface area contributed by atoms with E-state index >= 15 is 0 Å². The third-order valence-corrected chi connectivity index (χ3v) is 14.0. The molecular weight excluding hydrogens is 1090 g/mol. The summed E-state index contributed by atoms with van der Waals surface area (Å²) in [5.74, 6) is -0.180. The van der Waals surface area contributed by atoms with Gasteiger partial charge < -0.3 is 11.1 Å². The molecule has 6 heterocycles. The average Bonchev–Trinajstić information content (AvgIpc) is 4.24. The molecule has 71 heavy (non-hydrogen) atoms. The lowest BCUT2D eigenvalue weighted by Crippen LogP contribution is -2.41. The van der Waals surface area contributed by atoms with Crippen molar-refractivity contribution in [2.45, 2.75) is 134 Å². The minimum atomic E-state index is -0.324. The average molecular weight is 1140 g/mol. The van der Waals surface area contributed by atoms with Gasteiger partial charge in [-0.3, -0.25) is 23.2 Å². The van der Waals surface area contributed by atoms with Gasteiger partial charge in [-0.25, -0.2) is 58.2 Å². The highest BCUT2D eigenvalue weighted by molar-refractivity contribution is 9.10. The van der Waals surface area contributed by atoms with Crippen molar-refractivity contribution in [3.63, 3.8) is 0 Å². The molecule has 2 aromatic carbocycles. The summed E-state index contributed by atoms with van der Waals surface area (Å²) < 4.78 is 34.6. The molecule has 0 saturated heterocycles. The Morgan fingerprint density at radius 2 is 1.11 bits per heavy atom. The third-order valence-electron chi connectivity index (χ3n) is 13.1. The molecule has 0 unspecified atom stereocenters. The molecule has 12 rings (SSSR count). The van der Waals surface area contributed by atoms with E-state index in [1.165, 1.54) is 24.3 Å². The van der Waals surface area contributed by atoms with E-state index in [1.54, 1.807) is 55.2 Å². The molecule has 0 spiro atoms. The van der Waals surface area contributed by atoms with Crippen LogP contribution in [-0.2, 0) is 0 Å². The molecule has 4 aliphatic carbocycles. The molecule has 376 valence electrons. The molecule has 8 aromatic rings. The summed E-state index contributed by atoms with van der Waals surface area (Å²) in [5, 5.41) is 5.00. The summed E-state index contributed by atoms with van der Waals surface area (Å²) in [6, 6.07) is 11.2. The minimum absolute atomic E-state index is 0. The summed E-state index contributed by atoms with van der Waals surface area (Å²) >= 11 is 12.2. The molecule has 17 nitrogen and oxygen atoms in total. The van der Waals surface area contributed by atoms with Crippen LogP contribution < -0.4 is 22.4 Å². The second-order valence-corrected chi connectivity index (χ2v) is 20.8. The first kappa shape index (κ1) is 52.3. The van der Waals surface area contributed by atoms with Crippen LogP contribution in [0.5, 0.6) is 0 Å². The third kappa shape index (κ3) is 11.6. The van der Waals surface area contributed by atoms with Crippen LogP contribution in [0.2, 0.25) is 5.28 Å². The largest absolute Gasteiger partial charge is 0.351 e. The van der Waals surface area contributed by atoms with Crippen LogP contribution in [-0.4, -0.2) is 93.8 Å². The Morgan fingerprint density at radius 1 is 0.662 bits per heavy atom. The molecule has 0 radical (unpaired) electrons. The van der Waals surface area contributed by atoms with Crippen molar-refractivity contribution in [1.82, 2.24) is 63.0 Å². The molecule has 4 saturated carbocycles. The van der Waals surface area contributed by atoms with Gasteiger partial charge in [-0.05, 0) is 153 Å². The molecular formula is C48H55Br2Cl2F2N15O2. The first-order chi connectivity index (χ1) is 33.6. The second-order valence-electron chi connectivity index (χ2n) is 18.8. The fraction of sp³-hybridized carbons (Fsp3) is 0.458. The van der Waals surface area contributed by atoms with Crippen molar-refractivity contribution in [3.05, 3.63) is 108 Å². The van der Waals surface area contributed by atoms with E-state index in [-0.39, 0.29) is 70.9 Å². The lowest BCUT2D eigenvalue weighted by molar-refractivity contribution is 0.185. The maximum atomic E-state index is 13.5. The molecule has 3 N–H and O–H groups in total. The number of hydrogen-bond donors (Lipinski definition) is 2. The Labute approximate surface area is 435 Å². The van der Waals surface area contributed by atoms with Crippen molar-refractivity contribution in [3.8, 4) is 0 Å². The second kappa shape index (κ2) is 22.0. The van der Waals surface area contributed by atoms with Crippen molar-refractivity contribution in [2.24, 2.45) is 5.73 Å². The van der Waals surface area contributed by atoms with Crippen LogP contribution in [0.15, 0.2) is 80.0 Å². The van der Waals surface area contributed by atoms with Gasteiger partial charge in [-0.15, -0.1) is 12.4 Å². The van der Waals surface area contributed by atoms with Crippen LogP contribution in [0, 0.1) is 11.6 Å². The van der Waals surface area contributed by atoms with Gasteiger partial charge in [-0.2, -0.15) is 0 Å². The Balaban J connectivity index is 0.000000141. The smallest absolute Gasteiger partial charge is 0.332 e. The van der Waals surface area contributed by atoms with E-state index in [0.717, 1.165) is 68.7 Å². The summed E-state index contributed by atoms with van der Waals surface area (Å²) in [7, 11) is 0. The number of hydrogen-bond acceptors (Lipinski definition) is 13. The summed E-state index contributed by atoms with van der Waals surface area (Å²) in [6.45, 7) is 12.3. The number of nitrogens with two attached hydrogens (primary N) is 1. The number of halogens is 6. The zero-order valence-electron chi connectivity index (χ0n) is 39.8. The Morgan fingerprint density at radius 3 is 1.55 bits per heavy atom. The molecule has 4 fully saturated rings. The predicted octanol–water partition coefficient (Wildman–Crippen LogP) is 9.91. The van der Waals surface area contributed by atoms with Gasteiger partial charge >= 0.3 is 11.4 Å². The number of benzene rings is 2. The SMILES string of the molecule is CCN(C(C)C)C(C)C.Cl.Fc1ccc2cnc(Cl)nc2c1.NC1CC(n2c(=O)n(C3CC3)c3nc(Br)cnc32)C1.O=c1n(C2CC(Nc3ncc4ccc(F)cc4n3)C2)c2ncc(Br)nc2n1C1CC1. The summed E-state index contributed by atoms with van der Waals surface area (Å²) in [6.07, 6.45) is 13.8. The number of fused-ring (bicyclic) bond motifs is 4. The van der Waals surface area contributed by atoms with Gasteiger partial charge in [0.1, 0.15) is 20.8 Å². The van der Waals surface area contributed by atoms with Crippen LogP contribution >= 0.6 is 55.9 Å². The number of anilines is 1. The van der Waals surface area contributed by atoms with Crippen molar-refractivity contribution in [2.75, 3.05) is 11.9 Å². The Hall–Kier alpha value is -5.06. The summed E-state index contributed by atoms with van der Waals surface area (Å²) in [5.41, 5.74) is 9.58. The first-order valence-electron chi connectivity index (χ1n) is 23.6. The Bertz CT molecular complexity index is 3270. The predicted molar refractivity (Wildman–Crippen MR) is 281 cm³/mol. The zero-order chi connectivity index (χ0) is 49.5. The van der Waals surface area contributed by atoms with E-state index < -0.39 is 0 Å². The van der Waals surface area contributed by atoms with Crippen LogP contribution in [0.25, 0.3) is 44.4 Å². The lowest BCUT2D eigenvalue weighted by atomic mass is 9.86. The van der Waals surface area contributed by atoms with Crippen LogP contribution in [0.4, 0.5) is 14.7 Å². The standard InChI is InChI=1S/C20H17BrFN7O.C12H14BrN5O.C8H4ClFN2.C8H19N.ClH/c21-16-9-23-17-18(27-16)28(13-3-4-13)20(30)29(17)14-6-12(7-14)25-19-24-8-10-1-2-11(22)5-15(10)26-19;13-9-5-15-10-11(16-9)17(7-1-2-7)12(19)18(10)8-3-6(14)4-8;9-8-11-4-5-1-2-6(10)3-7(5)12-8;1-6-9(7(2)3)8(4)5;/h1-2,5,8-9,12-14H,3-4,6-7H2,(H,24,25,26);5-8H,1-4,14H2;1-4H;7-8H,6H2,1-5H3;1H. The van der Waals surface area contributed by atoms with E-state index in [0.29, 0.717) is 66.9 Å². The maximum Gasteiger partial charge on any atom is 0.332 e. The highest BCUT2D eigenvalue weighted by Crippen LogP contribution is 2.40. The lowest BCUT2D eigenvalue weighted by Gasteiger charge is -2.36. The maximum absolute atomic E-state index is 13.5. The minimum Gasteiger partial charge on any atom is -0.351 e. The highest BCUT2D eigenvalue weighted by Gasteiger charge is 2.38. The fourth-order valence-corrected chi connectivity index (χ4v) is 9.93. The quantitative estimate of drug-likeness (QED) is 0.130. The van der Waals surface area contributed by atoms with E-state index in [1.807, 2.05) is 0 Å². The highest BCUT2D eigenvalue weighted by atomic mass is 79.9. The molecule has 23 heteroatoms. The normalized spacial score (nSPS) is 19.4. The monoisotopic (exact) mass is 1140 g/mol. The molecule has 4 aliphatic rings. The molecule has 6 aromatic heterocycles. The number of nitrogens with zero attached hydrogens (tertiary/aromatic N) is 13. The van der Waals surface area contributed by atoms with Gasteiger partial charge in [0.05, 0.1) is 23.4 Å². The molecule has 0 amide bonds. The van der Waals surface area contributed by atoms with Crippen LogP contribution in [0.3, 0.4) is 0 Å². The van der Waals surface area contributed by atoms with Crippen molar-refractivity contribution in [1.29, 1.82) is 0 Å². The van der Waals surface area contributed by atoms with Gasteiger partial charge in [0.15, 0.2) is 22.6 Å². The number of nitrogens with one attached hydrogen (secondary N) is 1. The Kier molecular flexibility index (Phi) is 16.2. The van der Waals surface area contributed by atoms with Gasteiger partial charge in [0.2, 0.25) is 11.2 Å². The zero-order valence-corrected chi connectivity index (χ0v) is 44.5. The molecule has 0 atom stereocenters. The van der Waals surface area contributed by atoms with Gasteiger partial charge in [0.25, 0.3) is 0 Å². The number of imidazole rings is 2. The topological polar surface area (TPSA) is 198 Å². The van der Waals surface area contributed by atoms with E-state index in [2.05, 4.69) is 117 Å². The van der Waals surface area contributed by atoms with Crippen molar-refractivity contribution < 1.29 is 8.78 Å². The van der Waals surface area contributed by atoms with Gasteiger partial charge in [-0.1, -0.05) is 6.92 Å². The molecule has 0 aliphatic heterocycles. The van der Waals surface area contributed by atoms with Crippen LogP contribution in [0.1, 0.15) is 110 Å². The van der Waals surface area contributed by atoms with E-state index in [9.17, 15) is 18.4 Å². The summed E-state index contributed by atoms with van der Waals surface area (Å²) in [4.78, 5) is 62.4. The van der Waals surface area contributed by atoms with Gasteiger partial charge in [0, 0.05) is 83.6 Å². The number of rotatable bonds is 9. The number of aromatic nitrogens is 12. The fourth-order valence-electron chi connectivity index (χ4n) is 9.25. The first-order valence-corrected chi connectivity index (χ1v) is 25.6. The van der Waals surface area contributed by atoms with Crippen molar-refractivity contribution >= 4 is 106 Å². The molecule has 0 bridgehead atoms. The van der Waals surface area contributed by atoms with E-state index in [4.69, 9.17) is 17.3 Å².